The van der Waals surface area contributed by atoms with E-state index in [1.54, 1.807) is 0 Å². The Bertz CT molecular complexity index is 430. The second-order valence-corrected chi connectivity index (χ2v) is 6.11. The summed E-state index contributed by atoms with van der Waals surface area (Å²) < 4.78 is 0. The van der Waals surface area contributed by atoms with E-state index in [2.05, 4.69) is 55.9 Å². The number of likely N-dealkylation sites (N-methyl/N-ethyl adjacent to an activating group) is 2. The average molecular weight is 261 g/mol. The summed E-state index contributed by atoms with van der Waals surface area (Å²) in [6, 6.07) is 7.31. The number of aryl methyl sites for hydroxylation is 2. The summed E-state index contributed by atoms with van der Waals surface area (Å²) >= 11 is 0. The van der Waals surface area contributed by atoms with Crippen LogP contribution in [0, 0.1) is 13.8 Å². The van der Waals surface area contributed by atoms with E-state index in [0.717, 1.165) is 26.1 Å². The topological polar surface area (TPSA) is 32.5 Å². The first-order chi connectivity index (χ1) is 8.97. The molecule has 2 unspecified atom stereocenters. The van der Waals surface area contributed by atoms with E-state index in [0.29, 0.717) is 6.04 Å². The molecule has 0 aliphatic carbocycles. The van der Waals surface area contributed by atoms with Crippen molar-refractivity contribution >= 4 is 0 Å². The minimum absolute atomic E-state index is 0.202. The van der Waals surface area contributed by atoms with Gasteiger partial charge in [-0.05, 0) is 45.5 Å². The number of nitrogens with zero attached hydrogens (tertiary/aromatic N) is 2. The molecule has 3 heteroatoms. The minimum atomic E-state index is 0.202. The molecule has 0 aromatic heterocycles. The molecule has 0 amide bonds. The monoisotopic (exact) mass is 261 g/mol. The maximum atomic E-state index is 6.48. The van der Waals surface area contributed by atoms with Gasteiger partial charge in [0, 0.05) is 31.7 Å². The van der Waals surface area contributed by atoms with Crippen LogP contribution in [0.25, 0.3) is 0 Å². The van der Waals surface area contributed by atoms with Crippen molar-refractivity contribution in [3.63, 3.8) is 0 Å². The lowest BCUT2D eigenvalue weighted by Gasteiger charge is -2.40. The molecule has 1 aromatic carbocycles. The van der Waals surface area contributed by atoms with E-state index in [-0.39, 0.29) is 6.04 Å². The third-order valence-electron chi connectivity index (χ3n) is 4.35. The predicted octanol–water partition coefficient (Wildman–Crippen LogP) is 1.42. The van der Waals surface area contributed by atoms with Crippen LogP contribution in [0.1, 0.15) is 16.7 Å². The normalized spacial score (nSPS) is 23.5. The van der Waals surface area contributed by atoms with E-state index in [4.69, 9.17) is 5.73 Å². The van der Waals surface area contributed by atoms with Crippen LogP contribution < -0.4 is 5.73 Å². The van der Waals surface area contributed by atoms with Crippen molar-refractivity contribution in [2.24, 2.45) is 5.73 Å². The highest BCUT2D eigenvalue weighted by molar-refractivity contribution is 5.31. The predicted molar refractivity (Wildman–Crippen MR) is 81.5 cm³/mol. The number of nitrogens with two attached hydrogens (primary N) is 1. The van der Waals surface area contributed by atoms with Gasteiger partial charge >= 0.3 is 0 Å². The highest BCUT2D eigenvalue weighted by atomic mass is 15.3. The van der Waals surface area contributed by atoms with Gasteiger partial charge in [-0.2, -0.15) is 0 Å². The molecular weight excluding hydrogens is 234 g/mol. The number of piperazine rings is 1. The summed E-state index contributed by atoms with van der Waals surface area (Å²) in [6.07, 6.45) is 0.969. The zero-order valence-corrected chi connectivity index (χ0v) is 12.7. The molecular formula is C16H27N3. The van der Waals surface area contributed by atoms with Crippen LogP contribution in [-0.2, 0) is 6.42 Å². The minimum Gasteiger partial charge on any atom is -0.326 e. The largest absolute Gasteiger partial charge is 0.326 e. The lowest BCUT2D eigenvalue weighted by atomic mass is 9.94. The van der Waals surface area contributed by atoms with Crippen LogP contribution in [0.15, 0.2) is 18.2 Å². The number of hydrogen-bond acceptors (Lipinski definition) is 3. The molecule has 1 aliphatic rings. The number of hydrogen-bond donors (Lipinski definition) is 1. The van der Waals surface area contributed by atoms with Gasteiger partial charge in [-0.15, -0.1) is 0 Å². The first-order valence-electron chi connectivity index (χ1n) is 7.18. The lowest BCUT2D eigenvalue weighted by Crippen LogP contribution is -2.58. The van der Waals surface area contributed by atoms with Crippen molar-refractivity contribution in [2.75, 3.05) is 33.7 Å². The molecule has 0 spiro atoms. The smallest absolute Gasteiger partial charge is 0.0375 e. The molecule has 0 radical (unpaired) electrons. The molecule has 2 rings (SSSR count). The maximum absolute atomic E-state index is 6.48. The maximum Gasteiger partial charge on any atom is 0.0375 e. The van der Waals surface area contributed by atoms with E-state index >= 15 is 0 Å². The van der Waals surface area contributed by atoms with Crippen LogP contribution in [0.2, 0.25) is 0 Å². The Balaban J connectivity index is 2.07. The summed E-state index contributed by atoms with van der Waals surface area (Å²) in [4.78, 5) is 4.80. The third-order valence-corrected chi connectivity index (χ3v) is 4.35. The van der Waals surface area contributed by atoms with Gasteiger partial charge in [-0.3, -0.25) is 4.90 Å². The molecule has 1 fully saturated rings. The molecule has 1 aliphatic heterocycles. The van der Waals surface area contributed by atoms with Crippen LogP contribution in [-0.4, -0.2) is 55.6 Å². The van der Waals surface area contributed by atoms with Gasteiger partial charge in [0.05, 0.1) is 0 Å². The van der Waals surface area contributed by atoms with Crippen LogP contribution >= 0.6 is 0 Å². The van der Waals surface area contributed by atoms with Gasteiger partial charge in [-0.25, -0.2) is 0 Å². The van der Waals surface area contributed by atoms with Gasteiger partial charge in [0.2, 0.25) is 0 Å². The summed E-state index contributed by atoms with van der Waals surface area (Å²) in [5.74, 6) is 0. The Morgan fingerprint density at radius 1 is 1.26 bits per heavy atom. The van der Waals surface area contributed by atoms with Gasteiger partial charge < -0.3 is 10.6 Å². The first kappa shape index (κ1) is 14.5. The highest BCUT2D eigenvalue weighted by Gasteiger charge is 2.27. The molecule has 1 aromatic rings. The molecule has 1 heterocycles. The number of rotatable bonds is 3. The fraction of sp³-hybridized carbons (Fsp3) is 0.625. The van der Waals surface area contributed by atoms with E-state index < -0.39 is 0 Å². The van der Waals surface area contributed by atoms with Crippen molar-refractivity contribution in [2.45, 2.75) is 32.4 Å². The average Bonchev–Trinajstić information content (AvgIpc) is 2.36. The quantitative estimate of drug-likeness (QED) is 0.893. The summed E-state index contributed by atoms with van der Waals surface area (Å²) in [6.45, 7) is 7.65. The number of benzene rings is 1. The Morgan fingerprint density at radius 2 is 2.00 bits per heavy atom. The van der Waals surface area contributed by atoms with Crippen molar-refractivity contribution in [3.8, 4) is 0 Å². The van der Waals surface area contributed by atoms with Crippen LogP contribution in [0.5, 0.6) is 0 Å². The Kier molecular flexibility index (Phi) is 4.61. The zero-order valence-electron chi connectivity index (χ0n) is 12.7. The van der Waals surface area contributed by atoms with Crippen molar-refractivity contribution < 1.29 is 0 Å². The standard InChI is InChI=1S/C16H27N3/c1-12-5-6-13(2)14(9-12)10-15(17)16-11-18(3)7-8-19(16)4/h5-6,9,15-16H,7-8,10-11,17H2,1-4H3. The Morgan fingerprint density at radius 3 is 2.74 bits per heavy atom. The van der Waals surface area contributed by atoms with Crippen LogP contribution in [0.3, 0.4) is 0 Å². The van der Waals surface area contributed by atoms with Crippen molar-refractivity contribution in [1.82, 2.24) is 9.80 Å². The Labute approximate surface area is 117 Å². The lowest BCUT2D eigenvalue weighted by molar-refractivity contribution is 0.0973. The van der Waals surface area contributed by atoms with Gasteiger partial charge in [0.15, 0.2) is 0 Å². The van der Waals surface area contributed by atoms with Crippen molar-refractivity contribution in [1.29, 1.82) is 0 Å². The Hall–Kier alpha value is -0.900. The van der Waals surface area contributed by atoms with Gasteiger partial charge in [0.1, 0.15) is 0 Å². The van der Waals surface area contributed by atoms with Gasteiger partial charge in [0.25, 0.3) is 0 Å². The van der Waals surface area contributed by atoms with E-state index in [1.807, 2.05) is 0 Å². The summed E-state index contributed by atoms with van der Waals surface area (Å²) in [7, 11) is 4.38. The second-order valence-electron chi connectivity index (χ2n) is 6.11. The molecule has 0 bridgehead atoms. The van der Waals surface area contributed by atoms with Crippen molar-refractivity contribution in [3.05, 3.63) is 34.9 Å². The van der Waals surface area contributed by atoms with E-state index in [9.17, 15) is 0 Å². The SMILES string of the molecule is Cc1ccc(C)c(CC(N)C2CN(C)CCN2C)c1. The summed E-state index contributed by atoms with van der Waals surface area (Å²) in [5, 5.41) is 0. The molecule has 1 saturated heterocycles. The highest BCUT2D eigenvalue weighted by Crippen LogP contribution is 2.16. The van der Waals surface area contributed by atoms with Gasteiger partial charge in [-0.1, -0.05) is 23.8 Å². The fourth-order valence-corrected chi connectivity index (χ4v) is 2.92. The van der Waals surface area contributed by atoms with Crippen LogP contribution in [0.4, 0.5) is 0 Å². The molecule has 2 atom stereocenters. The first-order valence-corrected chi connectivity index (χ1v) is 7.18. The zero-order chi connectivity index (χ0) is 14.0. The molecule has 3 nitrogen and oxygen atoms in total. The summed E-state index contributed by atoms with van der Waals surface area (Å²) in [5.41, 5.74) is 10.6. The second kappa shape index (κ2) is 6.04. The van der Waals surface area contributed by atoms with E-state index in [1.165, 1.54) is 16.7 Å². The molecule has 19 heavy (non-hydrogen) atoms. The molecule has 0 saturated carbocycles. The molecule has 106 valence electrons. The fourth-order valence-electron chi connectivity index (χ4n) is 2.92. The third kappa shape index (κ3) is 3.56. The molecule has 2 N–H and O–H groups in total.